The number of rotatable bonds is 1. The first-order chi connectivity index (χ1) is 7.16. The molecule has 4 heteroatoms. The fourth-order valence-electron chi connectivity index (χ4n) is 2.38. The average Bonchev–Trinajstić information content (AvgIpc) is 2.67. The number of piperidine rings is 1. The quantitative estimate of drug-likeness (QED) is 0.759. The summed E-state index contributed by atoms with van der Waals surface area (Å²) in [7, 11) is 0. The van der Waals surface area contributed by atoms with Gasteiger partial charge in [-0.05, 0) is 18.3 Å². The van der Waals surface area contributed by atoms with E-state index in [1.165, 1.54) is 6.42 Å². The summed E-state index contributed by atoms with van der Waals surface area (Å²) >= 11 is 0. The lowest BCUT2D eigenvalue weighted by Crippen LogP contribution is -2.42. The van der Waals surface area contributed by atoms with Gasteiger partial charge in [0.2, 0.25) is 0 Å². The highest BCUT2D eigenvalue weighted by molar-refractivity contribution is 5.93. The van der Waals surface area contributed by atoms with Gasteiger partial charge in [0, 0.05) is 19.3 Å². The summed E-state index contributed by atoms with van der Waals surface area (Å²) in [4.78, 5) is 14.0. The van der Waals surface area contributed by atoms with Gasteiger partial charge in [0.15, 0.2) is 0 Å². The molecular formula is C11H17N3O. The molecule has 1 aromatic rings. The maximum atomic E-state index is 12.0. The lowest BCUT2D eigenvalue weighted by atomic mass is 9.91. The second-order valence-corrected chi connectivity index (χ2v) is 4.64. The number of nitrogens with zero attached hydrogens (tertiary/aromatic N) is 2. The van der Waals surface area contributed by atoms with Crippen LogP contribution in [0.15, 0.2) is 12.4 Å². The van der Waals surface area contributed by atoms with Crippen molar-refractivity contribution >= 4 is 5.91 Å². The molecule has 1 amide bonds. The van der Waals surface area contributed by atoms with Crippen LogP contribution in [0.25, 0.3) is 0 Å². The topological polar surface area (TPSA) is 49.0 Å². The molecule has 2 atom stereocenters. The third kappa shape index (κ3) is 2.19. The summed E-state index contributed by atoms with van der Waals surface area (Å²) in [6, 6.07) is 0. The molecule has 4 nitrogen and oxygen atoms in total. The number of H-pyrrole nitrogens is 1. The Labute approximate surface area is 89.7 Å². The van der Waals surface area contributed by atoms with Crippen molar-refractivity contribution in [3.8, 4) is 0 Å². The zero-order chi connectivity index (χ0) is 10.8. The Bertz CT molecular complexity index is 324. The number of aromatic nitrogens is 2. The van der Waals surface area contributed by atoms with Gasteiger partial charge in [0.05, 0.1) is 11.8 Å². The van der Waals surface area contributed by atoms with Crippen LogP contribution in [0.2, 0.25) is 0 Å². The van der Waals surface area contributed by atoms with Crippen LogP contribution in [0, 0.1) is 11.8 Å². The van der Waals surface area contributed by atoms with E-state index in [0.29, 0.717) is 17.4 Å². The summed E-state index contributed by atoms with van der Waals surface area (Å²) < 4.78 is 0. The van der Waals surface area contributed by atoms with Gasteiger partial charge in [-0.2, -0.15) is 5.10 Å². The highest BCUT2D eigenvalue weighted by Gasteiger charge is 2.26. The minimum Gasteiger partial charge on any atom is -0.338 e. The molecular weight excluding hydrogens is 190 g/mol. The molecule has 0 bridgehead atoms. The molecule has 1 saturated heterocycles. The number of amides is 1. The summed E-state index contributed by atoms with van der Waals surface area (Å²) in [6.45, 7) is 6.14. The Morgan fingerprint density at radius 1 is 1.47 bits per heavy atom. The van der Waals surface area contributed by atoms with E-state index in [4.69, 9.17) is 0 Å². The van der Waals surface area contributed by atoms with Crippen molar-refractivity contribution in [3.63, 3.8) is 0 Å². The predicted molar refractivity (Wildman–Crippen MR) is 57.4 cm³/mol. The Morgan fingerprint density at radius 3 is 2.67 bits per heavy atom. The van der Waals surface area contributed by atoms with Crippen molar-refractivity contribution in [3.05, 3.63) is 18.0 Å². The van der Waals surface area contributed by atoms with E-state index in [1.54, 1.807) is 12.4 Å². The van der Waals surface area contributed by atoms with Crippen molar-refractivity contribution in [1.82, 2.24) is 15.1 Å². The predicted octanol–water partition coefficient (Wildman–Crippen LogP) is 1.53. The van der Waals surface area contributed by atoms with Crippen molar-refractivity contribution in [2.24, 2.45) is 11.8 Å². The van der Waals surface area contributed by atoms with E-state index in [0.717, 1.165) is 13.1 Å². The number of carbonyl (C=O) groups is 1. The van der Waals surface area contributed by atoms with Crippen molar-refractivity contribution in [2.45, 2.75) is 20.3 Å². The van der Waals surface area contributed by atoms with Crippen LogP contribution in [0.4, 0.5) is 0 Å². The summed E-state index contributed by atoms with van der Waals surface area (Å²) in [5.74, 6) is 1.30. The van der Waals surface area contributed by atoms with Crippen LogP contribution in [-0.2, 0) is 0 Å². The first-order valence-electron chi connectivity index (χ1n) is 5.45. The number of likely N-dealkylation sites (tertiary alicyclic amines) is 1. The van der Waals surface area contributed by atoms with E-state index >= 15 is 0 Å². The highest BCUT2D eigenvalue weighted by atomic mass is 16.2. The molecule has 1 aliphatic heterocycles. The number of carbonyl (C=O) groups excluding carboxylic acids is 1. The van der Waals surface area contributed by atoms with Gasteiger partial charge < -0.3 is 4.90 Å². The van der Waals surface area contributed by atoms with E-state index in [1.807, 2.05) is 4.90 Å². The summed E-state index contributed by atoms with van der Waals surface area (Å²) in [6.07, 6.45) is 4.47. The molecule has 2 heterocycles. The van der Waals surface area contributed by atoms with Gasteiger partial charge in [-0.15, -0.1) is 0 Å². The van der Waals surface area contributed by atoms with Gasteiger partial charge in [0.25, 0.3) is 5.91 Å². The van der Waals surface area contributed by atoms with Crippen molar-refractivity contribution in [1.29, 1.82) is 0 Å². The van der Waals surface area contributed by atoms with Crippen LogP contribution >= 0.6 is 0 Å². The minimum absolute atomic E-state index is 0.0992. The fraction of sp³-hybridized carbons (Fsp3) is 0.636. The molecule has 0 aliphatic carbocycles. The first-order valence-corrected chi connectivity index (χ1v) is 5.45. The molecule has 82 valence electrons. The molecule has 1 N–H and O–H groups in total. The molecule has 1 aromatic heterocycles. The lowest BCUT2D eigenvalue weighted by molar-refractivity contribution is 0.0623. The largest absolute Gasteiger partial charge is 0.338 e. The maximum Gasteiger partial charge on any atom is 0.257 e. The molecule has 2 unspecified atom stereocenters. The number of hydrogen-bond donors (Lipinski definition) is 1. The summed E-state index contributed by atoms with van der Waals surface area (Å²) in [5, 5.41) is 6.48. The highest BCUT2D eigenvalue weighted by Crippen LogP contribution is 2.22. The number of nitrogens with one attached hydrogen (secondary N) is 1. The normalized spacial score (nSPS) is 26.7. The Hall–Kier alpha value is -1.32. The van der Waals surface area contributed by atoms with Gasteiger partial charge in [-0.25, -0.2) is 0 Å². The van der Waals surface area contributed by atoms with Crippen molar-refractivity contribution < 1.29 is 4.79 Å². The lowest BCUT2D eigenvalue weighted by Gasteiger charge is -2.34. The third-order valence-corrected chi connectivity index (χ3v) is 2.90. The molecule has 0 aromatic carbocycles. The van der Waals surface area contributed by atoms with Crippen molar-refractivity contribution in [2.75, 3.05) is 13.1 Å². The molecule has 15 heavy (non-hydrogen) atoms. The smallest absolute Gasteiger partial charge is 0.257 e. The van der Waals surface area contributed by atoms with Gasteiger partial charge in [-0.1, -0.05) is 13.8 Å². The molecule has 0 saturated carbocycles. The van der Waals surface area contributed by atoms with Crippen LogP contribution < -0.4 is 0 Å². The van der Waals surface area contributed by atoms with Gasteiger partial charge in [-0.3, -0.25) is 9.89 Å². The number of hydrogen-bond acceptors (Lipinski definition) is 2. The molecule has 1 aliphatic rings. The molecule has 0 spiro atoms. The fourth-order valence-corrected chi connectivity index (χ4v) is 2.38. The molecule has 1 fully saturated rings. The van der Waals surface area contributed by atoms with Gasteiger partial charge >= 0.3 is 0 Å². The minimum atomic E-state index is 0.0992. The Kier molecular flexibility index (Phi) is 2.75. The van der Waals surface area contributed by atoms with E-state index in [9.17, 15) is 4.79 Å². The SMILES string of the molecule is CC1CC(C)CN(C(=O)c2cn[nH]c2)C1. The Morgan fingerprint density at radius 2 is 2.13 bits per heavy atom. The summed E-state index contributed by atoms with van der Waals surface area (Å²) in [5.41, 5.74) is 0.663. The Balaban J connectivity index is 2.07. The molecule has 2 rings (SSSR count). The van der Waals surface area contributed by atoms with E-state index in [-0.39, 0.29) is 5.91 Å². The van der Waals surface area contributed by atoms with Crippen LogP contribution in [0.1, 0.15) is 30.6 Å². The maximum absolute atomic E-state index is 12.0. The second kappa shape index (κ2) is 4.04. The van der Waals surface area contributed by atoms with E-state index in [2.05, 4.69) is 24.0 Å². The van der Waals surface area contributed by atoms with Gasteiger partial charge in [0.1, 0.15) is 0 Å². The standard InChI is InChI=1S/C11H17N3O/c1-8-3-9(2)7-14(6-8)11(15)10-4-12-13-5-10/h4-5,8-9H,3,6-7H2,1-2H3,(H,12,13). The average molecular weight is 207 g/mol. The van der Waals surface area contributed by atoms with Crippen LogP contribution in [0.3, 0.4) is 0 Å². The number of aromatic amines is 1. The first kappa shape index (κ1) is 10.2. The third-order valence-electron chi connectivity index (χ3n) is 2.90. The van der Waals surface area contributed by atoms with Crippen LogP contribution in [-0.4, -0.2) is 34.1 Å². The molecule has 0 radical (unpaired) electrons. The second-order valence-electron chi connectivity index (χ2n) is 4.64. The monoisotopic (exact) mass is 207 g/mol. The zero-order valence-corrected chi connectivity index (χ0v) is 9.23. The van der Waals surface area contributed by atoms with E-state index < -0.39 is 0 Å². The van der Waals surface area contributed by atoms with Crippen LogP contribution in [0.5, 0.6) is 0 Å². The zero-order valence-electron chi connectivity index (χ0n) is 9.23.